The summed E-state index contributed by atoms with van der Waals surface area (Å²) >= 11 is 10.2. The maximum absolute atomic E-state index is 6.48. The Morgan fingerprint density at radius 1 is 1.19 bits per heavy atom. The number of hydrogen-bond acceptors (Lipinski definition) is 1. The highest BCUT2D eigenvalue weighted by molar-refractivity contribution is 9.10. The predicted octanol–water partition coefficient (Wildman–Crippen LogP) is 6.17. The van der Waals surface area contributed by atoms with E-state index < -0.39 is 0 Å². The largest absolute Gasteiger partial charge is 0.489 e. The van der Waals surface area contributed by atoms with Crippen LogP contribution in [0, 0.1) is 5.41 Å². The van der Waals surface area contributed by atoms with Crippen molar-refractivity contribution in [2.24, 2.45) is 5.41 Å². The van der Waals surface area contributed by atoms with Gasteiger partial charge in [0.15, 0.2) is 0 Å². The molecule has 0 aromatic heterocycles. The molecule has 2 unspecified atom stereocenters. The lowest BCUT2D eigenvalue weighted by molar-refractivity contribution is -0.0465. The summed E-state index contributed by atoms with van der Waals surface area (Å²) in [6, 6.07) is 12.5. The SMILES string of the molecule is CCC1(CC)C(Cl)CC1Oc1ccc2ccccc2c1Br. The van der Waals surface area contributed by atoms with Crippen LogP contribution >= 0.6 is 27.5 Å². The highest BCUT2D eigenvalue weighted by Crippen LogP contribution is 2.52. The first-order valence-corrected chi connectivity index (χ1v) is 8.83. The van der Waals surface area contributed by atoms with Gasteiger partial charge >= 0.3 is 0 Å². The number of ether oxygens (including phenoxy) is 1. The van der Waals surface area contributed by atoms with E-state index in [4.69, 9.17) is 16.3 Å². The fraction of sp³-hybridized carbons (Fsp3) is 0.444. The van der Waals surface area contributed by atoms with Gasteiger partial charge in [-0.25, -0.2) is 0 Å². The van der Waals surface area contributed by atoms with Gasteiger partial charge in [0.25, 0.3) is 0 Å². The maximum Gasteiger partial charge on any atom is 0.134 e. The first-order valence-electron chi connectivity index (χ1n) is 7.60. The van der Waals surface area contributed by atoms with Gasteiger partial charge in [0, 0.05) is 17.2 Å². The number of benzene rings is 2. The molecule has 112 valence electrons. The summed E-state index contributed by atoms with van der Waals surface area (Å²) in [6.07, 6.45) is 3.27. The molecule has 0 bridgehead atoms. The number of halogens is 2. The van der Waals surface area contributed by atoms with E-state index in [1.54, 1.807) is 0 Å². The number of alkyl halides is 1. The van der Waals surface area contributed by atoms with Gasteiger partial charge < -0.3 is 4.74 Å². The summed E-state index contributed by atoms with van der Waals surface area (Å²) in [5.74, 6) is 0.925. The molecule has 0 spiro atoms. The van der Waals surface area contributed by atoms with Crippen molar-refractivity contribution in [2.45, 2.75) is 44.6 Å². The maximum atomic E-state index is 6.48. The molecule has 2 aromatic rings. The zero-order valence-electron chi connectivity index (χ0n) is 12.4. The topological polar surface area (TPSA) is 9.23 Å². The van der Waals surface area contributed by atoms with Crippen molar-refractivity contribution in [3.05, 3.63) is 40.9 Å². The highest BCUT2D eigenvalue weighted by atomic mass is 79.9. The molecule has 1 saturated carbocycles. The third-order valence-electron chi connectivity index (χ3n) is 5.10. The normalized spacial score (nSPS) is 23.8. The van der Waals surface area contributed by atoms with Crippen LogP contribution in [-0.4, -0.2) is 11.5 Å². The Balaban J connectivity index is 1.91. The fourth-order valence-corrected chi connectivity index (χ4v) is 4.67. The lowest BCUT2D eigenvalue weighted by Gasteiger charge is -2.52. The lowest BCUT2D eigenvalue weighted by Crippen LogP contribution is -2.56. The molecule has 2 atom stereocenters. The number of rotatable bonds is 4. The summed E-state index contributed by atoms with van der Waals surface area (Å²) in [6.45, 7) is 4.42. The summed E-state index contributed by atoms with van der Waals surface area (Å²) in [7, 11) is 0. The molecule has 3 heteroatoms. The van der Waals surface area contributed by atoms with Gasteiger partial charge in [-0.05, 0) is 45.6 Å². The summed E-state index contributed by atoms with van der Waals surface area (Å²) in [4.78, 5) is 0. The van der Waals surface area contributed by atoms with Gasteiger partial charge in [-0.15, -0.1) is 11.6 Å². The molecule has 0 aliphatic heterocycles. The Bertz CT molecular complexity index is 651. The van der Waals surface area contributed by atoms with Crippen molar-refractivity contribution < 1.29 is 4.74 Å². The molecule has 0 N–H and O–H groups in total. The van der Waals surface area contributed by atoms with E-state index in [9.17, 15) is 0 Å². The Morgan fingerprint density at radius 3 is 2.57 bits per heavy atom. The van der Waals surface area contributed by atoms with Gasteiger partial charge in [-0.2, -0.15) is 0 Å². The van der Waals surface area contributed by atoms with E-state index >= 15 is 0 Å². The quantitative estimate of drug-likeness (QED) is 0.587. The van der Waals surface area contributed by atoms with Gasteiger partial charge in [-0.1, -0.05) is 44.2 Å². The van der Waals surface area contributed by atoms with Crippen LogP contribution in [0.1, 0.15) is 33.1 Å². The van der Waals surface area contributed by atoms with E-state index in [1.165, 1.54) is 10.8 Å². The average molecular weight is 368 g/mol. The molecule has 1 nitrogen and oxygen atoms in total. The van der Waals surface area contributed by atoms with E-state index in [1.807, 2.05) is 0 Å². The average Bonchev–Trinajstić information content (AvgIpc) is 2.51. The van der Waals surface area contributed by atoms with Crippen LogP contribution in [0.4, 0.5) is 0 Å². The Morgan fingerprint density at radius 2 is 1.90 bits per heavy atom. The molecule has 0 saturated heterocycles. The van der Waals surface area contributed by atoms with Crippen molar-refractivity contribution in [1.29, 1.82) is 0 Å². The van der Waals surface area contributed by atoms with E-state index in [0.29, 0.717) is 0 Å². The summed E-state index contributed by atoms with van der Waals surface area (Å²) in [5, 5.41) is 2.64. The molecule has 1 aliphatic carbocycles. The fourth-order valence-electron chi connectivity index (χ4n) is 3.47. The zero-order valence-corrected chi connectivity index (χ0v) is 14.7. The Kier molecular flexibility index (Phi) is 4.20. The molecule has 2 aromatic carbocycles. The third kappa shape index (κ3) is 2.37. The minimum Gasteiger partial charge on any atom is -0.489 e. The molecular formula is C18H20BrClO. The van der Waals surface area contributed by atoms with Crippen LogP contribution < -0.4 is 4.74 Å². The standard InChI is InChI=1S/C18H20BrClO/c1-3-18(4-2)15(20)11-16(18)21-14-10-9-12-7-5-6-8-13(12)17(14)19/h5-10,15-16H,3-4,11H2,1-2H3. The van der Waals surface area contributed by atoms with E-state index in [0.717, 1.165) is 29.5 Å². The van der Waals surface area contributed by atoms with Gasteiger partial charge in [-0.3, -0.25) is 0 Å². The van der Waals surface area contributed by atoms with Crippen LogP contribution in [-0.2, 0) is 0 Å². The molecule has 0 amide bonds. The molecule has 0 radical (unpaired) electrons. The summed E-state index contributed by atoms with van der Waals surface area (Å²) < 4.78 is 7.37. The van der Waals surface area contributed by atoms with Crippen molar-refractivity contribution in [1.82, 2.24) is 0 Å². The first-order chi connectivity index (χ1) is 10.1. The molecule has 1 aliphatic rings. The second kappa shape index (κ2) is 5.81. The number of hydrogen-bond donors (Lipinski definition) is 0. The van der Waals surface area contributed by atoms with Crippen molar-refractivity contribution >= 4 is 38.3 Å². The number of fused-ring (bicyclic) bond motifs is 1. The Hall–Kier alpha value is -0.730. The third-order valence-corrected chi connectivity index (χ3v) is 6.53. The molecule has 21 heavy (non-hydrogen) atoms. The van der Waals surface area contributed by atoms with Crippen LogP contribution in [0.25, 0.3) is 10.8 Å². The zero-order chi connectivity index (χ0) is 15.0. The second-order valence-corrected chi connectivity index (χ2v) is 7.17. The first kappa shape index (κ1) is 15.2. The smallest absolute Gasteiger partial charge is 0.134 e. The molecular weight excluding hydrogens is 348 g/mol. The summed E-state index contributed by atoms with van der Waals surface area (Å²) in [5.41, 5.74) is 0.118. The van der Waals surface area contributed by atoms with E-state index in [2.05, 4.69) is 66.2 Å². The van der Waals surface area contributed by atoms with Crippen molar-refractivity contribution in [3.8, 4) is 5.75 Å². The Labute approximate surface area is 139 Å². The highest BCUT2D eigenvalue weighted by Gasteiger charge is 2.53. The van der Waals surface area contributed by atoms with Gasteiger partial charge in [0.05, 0.1) is 4.47 Å². The minimum absolute atomic E-state index is 0.118. The lowest BCUT2D eigenvalue weighted by atomic mass is 9.62. The van der Waals surface area contributed by atoms with E-state index in [-0.39, 0.29) is 16.9 Å². The van der Waals surface area contributed by atoms with Crippen molar-refractivity contribution in [2.75, 3.05) is 0 Å². The molecule has 1 fully saturated rings. The minimum atomic E-state index is 0.118. The van der Waals surface area contributed by atoms with Gasteiger partial charge in [0.1, 0.15) is 11.9 Å². The predicted molar refractivity (Wildman–Crippen MR) is 93.3 cm³/mol. The van der Waals surface area contributed by atoms with Crippen LogP contribution in [0.3, 0.4) is 0 Å². The van der Waals surface area contributed by atoms with Crippen molar-refractivity contribution in [3.63, 3.8) is 0 Å². The van der Waals surface area contributed by atoms with Crippen LogP contribution in [0.15, 0.2) is 40.9 Å². The van der Waals surface area contributed by atoms with Crippen LogP contribution in [0.5, 0.6) is 5.75 Å². The monoisotopic (exact) mass is 366 g/mol. The second-order valence-electron chi connectivity index (χ2n) is 5.85. The molecule has 3 rings (SSSR count). The molecule has 0 heterocycles. The van der Waals surface area contributed by atoms with Gasteiger partial charge in [0.2, 0.25) is 0 Å². The van der Waals surface area contributed by atoms with Crippen LogP contribution in [0.2, 0.25) is 0 Å².